The lowest BCUT2D eigenvalue weighted by molar-refractivity contribution is -0.137. The van der Waals surface area contributed by atoms with E-state index in [1.165, 1.54) is 18.5 Å². The molecule has 0 unspecified atom stereocenters. The monoisotopic (exact) mass is 463 g/mol. The number of amides is 1. The number of rotatable bonds is 6. The van der Waals surface area contributed by atoms with E-state index < -0.39 is 29.2 Å². The van der Waals surface area contributed by atoms with E-state index in [2.05, 4.69) is 15.3 Å². The van der Waals surface area contributed by atoms with Crippen LogP contribution in [0.25, 0.3) is 0 Å². The first kappa shape index (κ1) is 24.2. The normalized spacial score (nSPS) is 16.7. The number of nitrogens with zero attached hydrogens (tertiary/aromatic N) is 4. The number of aromatic nitrogens is 2. The number of nitrogens with one attached hydrogen (secondary N) is 1. The molecule has 0 radical (unpaired) electrons. The number of benzene rings is 1. The Morgan fingerprint density at radius 3 is 2.45 bits per heavy atom. The molecule has 176 valence electrons. The summed E-state index contributed by atoms with van der Waals surface area (Å²) in [6.45, 7) is 0.392. The summed E-state index contributed by atoms with van der Waals surface area (Å²) in [7, 11) is 0. The summed E-state index contributed by atoms with van der Waals surface area (Å²) in [5.74, 6) is -0.0354. The molecule has 1 amide bonds. The largest absolute Gasteiger partial charge is 0.416 e. The third kappa shape index (κ3) is 5.32. The molecule has 1 aliphatic heterocycles. The Morgan fingerprint density at radius 1 is 1.27 bits per heavy atom. The molecule has 0 saturated carbocycles. The number of carbonyl (C=O) groups excluding carboxylic acids is 1. The average Bonchev–Trinajstić information content (AvgIpc) is 2.78. The lowest BCUT2D eigenvalue weighted by atomic mass is 9.86. The number of aliphatic hydroxyl groups excluding tert-OH is 1. The molecule has 6 N–H and O–H groups in total. The zero-order chi connectivity index (χ0) is 24.2. The zero-order valence-corrected chi connectivity index (χ0v) is 17.6. The number of nitrogens with two attached hydrogens (primary N) is 2. The van der Waals surface area contributed by atoms with Crippen molar-refractivity contribution in [1.82, 2.24) is 15.3 Å². The van der Waals surface area contributed by atoms with Crippen LogP contribution in [-0.4, -0.2) is 46.2 Å². The van der Waals surface area contributed by atoms with Crippen LogP contribution in [0.4, 0.5) is 24.8 Å². The number of nitriles is 1. The van der Waals surface area contributed by atoms with Crippen molar-refractivity contribution in [2.75, 3.05) is 30.3 Å². The Morgan fingerprint density at radius 2 is 1.91 bits per heavy atom. The molecule has 3 rings (SSSR count). The maximum atomic E-state index is 13.0. The van der Waals surface area contributed by atoms with Gasteiger partial charge in [-0.3, -0.25) is 4.79 Å². The van der Waals surface area contributed by atoms with E-state index in [4.69, 9.17) is 11.5 Å². The summed E-state index contributed by atoms with van der Waals surface area (Å²) in [4.78, 5) is 22.7. The lowest BCUT2D eigenvalue weighted by Gasteiger charge is -2.39. The maximum Gasteiger partial charge on any atom is 0.416 e. The number of carbonyl (C=O) groups is 1. The molecule has 1 aromatic heterocycles. The summed E-state index contributed by atoms with van der Waals surface area (Å²) >= 11 is 0. The Kier molecular flexibility index (Phi) is 7.04. The van der Waals surface area contributed by atoms with Crippen molar-refractivity contribution in [1.29, 1.82) is 5.26 Å². The van der Waals surface area contributed by atoms with E-state index in [9.17, 15) is 28.3 Å². The van der Waals surface area contributed by atoms with Gasteiger partial charge >= 0.3 is 6.18 Å². The third-order valence-corrected chi connectivity index (χ3v) is 5.74. The molecule has 2 heterocycles. The molecule has 0 aliphatic carbocycles. The summed E-state index contributed by atoms with van der Waals surface area (Å²) in [5.41, 5.74) is 10.7. The molecule has 0 spiro atoms. The molecular weight excluding hydrogens is 439 g/mol. The van der Waals surface area contributed by atoms with Crippen LogP contribution in [0.15, 0.2) is 30.6 Å². The first-order valence-corrected chi connectivity index (χ1v) is 10.2. The van der Waals surface area contributed by atoms with Crippen LogP contribution in [0, 0.1) is 11.3 Å². The highest BCUT2D eigenvalue weighted by atomic mass is 19.4. The SMILES string of the molecule is N#Cc1c(N)ncnc1N1CCC(N)(C(=O)N[C@@H](CCO)c2ccc(C(F)(F)F)cc2)CC1. The van der Waals surface area contributed by atoms with Crippen molar-refractivity contribution in [3.8, 4) is 6.07 Å². The molecule has 12 heteroatoms. The molecule has 33 heavy (non-hydrogen) atoms. The van der Waals surface area contributed by atoms with Gasteiger partial charge < -0.3 is 26.8 Å². The minimum absolute atomic E-state index is 0.0632. The molecule has 1 fully saturated rings. The standard InChI is InChI=1S/C21H24F3N7O2/c22-21(23,24)14-3-1-13(2-4-14)16(5-10-32)30-19(33)20(27)6-8-31(9-7-20)18-15(11-25)17(26)28-12-29-18/h1-4,12,16,32H,5-10,27H2,(H,30,33)(H2,26,28,29)/t16-/m0/s1. The van der Waals surface area contributed by atoms with Crippen LogP contribution < -0.4 is 21.7 Å². The second-order valence-corrected chi connectivity index (χ2v) is 7.87. The molecule has 1 atom stereocenters. The fraction of sp³-hybridized carbons (Fsp3) is 0.429. The van der Waals surface area contributed by atoms with Crippen molar-refractivity contribution in [2.45, 2.75) is 37.0 Å². The van der Waals surface area contributed by atoms with Crippen molar-refractivity contribution in [2.24, 2.45) is 5.73 Å². The number of hydrogen-bond donors (Lipinski definition) is 4. The fourth-order valence-electron chi connectivity index (χ4n) is 3.74. The van der Waals surface area contributed by atoms with E-state index in [-0.39, 0.29) is 37.3 Å². The minimum Gasteiger partial charge on any atom is -0.396 e. The summed E-state index contributed by atoms with van der Waals surface area (Å²) in [6.07, 6.45) is -2.61. The number of hydrogen-bond acceptors (Lipinski definition) is 8. The highest BCUT2D eigenvalue weighted by Crippen LogP contribution is 2.31. The van der Waals surface area contributed by atoms with Gasteiger partial charge in [-0.15, -0.1) is 0 Å². The highest BCUT2D eigenvalue weighted by molar-refractivity contribution is 5.87. The van der Waals surface area contributed by atoms with Crippen LogP contribution in [0.2, 0.25) is 0 Å². The molecule has 1 saturated heterocycles. The molecule has 2 aromatic rings. The minimum atomic E-state index is -4.47. The Balaban J connectivity index is 1.70. The van der Waals surface area contributed by atoms with Gasteiger partial charge in [-0.2, -0.15) is 18.4 Å². The smallest absolute Gasteiger partial charge is 0.396 e. The number of alkyl halides is 3. The summed E-state index contributed by atoms with van der Waals surface area (Å²) < 4.78 is 38.5. The molecule has 9 nitrogen and oxygen atoms in total. The predicted molar refractivity (Wildman–Crippen MR) is 114 cm³/mol. The van der Waals surface area contributed by atoms with Crippen LogP contribution in [0.1, 0.15) is 42.0 Å². The van der Waals surface area contributed by atoms with Gasteiger partial charge in [0.2, 0.25) is 5.91 Å². The van der Waals surface area contributed by atoms with E-state index in [0.717, 1.165) is 12.1 Å². The Bertz CT molecular complexity index is 1030. The number of piperidine rings is 1. The lowest BCUT2D eigenvalue weighted by Crippen LogP contribution is -2.60. The van der Waals surface area contributed by atoms with Crippen molar-refractivity contribution in [3.63, 3.8) is 0 Å². The van der Waals surface area contributed by atoms with Gasteiger partial charge in [-0.05, 0) is 37.0 Å². The maximum absolute atomic E-state index is 13.0. The molecule has 1 aliphatic rings. The van der Waals surface area contributed by atoms with Crippen LogP contribution >= 0.6 is 0 Å². The average molecular weight is 463 g/mol. The van der Waals surface area contributed by atoms with Crippen molar-refractivity contribution < 1.29 is 23.1 Å². The van der Waals surface area contributed by atoms with Crippen molar-refractivity contribution in [3.05, 3.63) is 47.3 Å². The number of anilines is 2. The quantitative estimate of drug-likeness (QED) is 0.502. The number of halogens is 3. The van der Waals surface area contributed by atoms with E-state index in [0.29, 0.717) is 24.5 Å². The van der Waals surface area contributed by atoms with Crippen LogP contribution in [0.5, 0.6) is 0 Å². The van der Waals surface area contributed by atoms with Crippen LogP contribution in [-0.2, 0) is 11.0 Å². The van der Waals surface area contributed by atoms with Gasteiger partial charge in [0, 0.05) is 19.7 Å². The second-order valence-electron chi connectivity index (χ2n) is 7.87. The summed E-state index contributed by atoms with van der Waals surface area (Å²) in [6, 6.07) is 5.70. The third-order valence-electron chi connectivity index (χ3n) is 5.74. The topological polar surface area (TPSA) is 154 Å². The van der Waals surface area contributed by atoms with Gasteiger partial charge in [-0.1, -0.05) is 12.1 Å². The second kappa shape index (κ2) is 9.60. The molecule has 0 bridgehead atoms. The molecular formula is C21H24F3N7O2. The van der Waals surface area contributed by atoms with Gasteiger partial charge in [0.05, 0.1) is 17.1 Å². The highest BCUT2D eigenvalue weighted by Gasteiger charge is 2.39. The van der Waals surface area contributed by atoms with Gasteiger partial charge in [0.25, 0.3) is 0 Å². The summed E-state index contributed by atoms with van der Waals surface area (Å²) in [5, 5.41) is 21.5. The first-order valence-electron chi connectivity index (χ1n) is 10.2. The van der Waals surface area contributed by atoms with Gasteiger partial charge in [-0.25, -0.2) is 9.97 Å². The predicted octanol–water partition coefficient (Wildman–Crippen LogP) is 1.49. The van der Waals surface area contributed by atoms with E-state index >= 15 is 0 Å². The number of aliphatic hydroxyl groups is 1. The van der Waals surface area contributed by atoms with Gasteiger partial charge in [0.1, 0.15) is 23.8 Å². The van der Waals surface area contributed by atoms with E-state index in [1.807, 2.05) is 6.07 Å². The van der Waals surface area contributed by atoms with Crippen molar-refractivity contribution >= 4 is 17.5 Å². The Labute approximate surface area is 188 Å². The van der Waals surface area contributed by atoms with Crippen LogP contribution in [0.3, 0.4) is 0 Å². The van der Waals surface area contributed by atoms with E-state index in [1.54, 1.807) is 4.90 Å². The molecule has 1 aromatic carbocycles. The van der Waals surface area contributed by atoms with Gasteiger partial charge in [0.15, 0.2) is 5.82 Å². The fourth-order valence-corrected chi connectivity index (χ4v) is 3.74. The zero-order valence-electron chi connectivity index (χ0n) is 17.6. The Hall–Kier alpha value is -3.43. The number of nitrogen functional groups attached to an aromatic ring is 1. The first-order chi connectivity index (χ1) is 15.6.